The van der Waals surface area contributed by atoms with Gasteiger partial charge in [0.2, 0.25) is 0 Å². The number of alkyl halides is 1. The average Bonchev–Trinajstić information content (AvgIpc) is 2.42. The Balaban J connectivity index is 2.40. The van der Waals surface area contributed by atoms with Crippen molar-refractivity contribution in [2.24, 2.45) is 0 Å². The van der Waals surface area contributed by atoms with Crippen LogP contribution in [0.25, 0.3) is 0 Å². The van der Waals surface area contributed by atoms with E-state index in [2.05, 4.69) is 44.8 Å². The number of methoxy groups -OCH3 is 1. The van der Waals surface area contributed by atoms with Gasteiger partial charge in [-0.15, -0.1) is 0 Å². The molecule has 1 aromatic rings. The highest BCUT2D eigenvalue weighted by Gasteiger charge is 2.13. The van der Waals surface area contributed by atoms with Gasteiger partial charge in [-0.05, 0) is 24.6 Å². The zero-order chi connectivity index (χ0) is 14.1. The maximum Gasteiger partial charge on any atom is 0.123 e. The lowest BCUT2D eigenvalue weighted by atomic mass is 10.0. The quantitative estimate of drug-likeness (QED) is 0.338. The molecular formula is C16H24Br2O. The summed E-state index contributed by atoms with van der Waals surface area (Å²) in [7, 11) is 1.73. The molecule has 0 aliphatic heterocycles. The summed E-state index contributed by atoms with van der Waals surface area (Å²) in [5.74, 6) is 0.969. The minimum atomic E-state index is 0.381. The molecule has 0 saturated heterocycles. The van der Waals surface area contributed by atoms with E-state index < -0.39 is 0 Å². The lowest BCUT2D eigenvalue weighted by Gasteiger charge is -2.14. The summed E-state index contributed by atoms with van der Waals surface area (Å²) in [4.78, 5) is 0.381. The highest BCUT2D eigenvalue weighted by molar-refractivity contribution is 9.10. The SMILES string of the molecule is CCCCCCCCC(Br)c1cc(Br)ccc1OC. The highest BCUT2D eigenvalue weighted by atomic mass is 79.9. The van der Waals surface area contributed by atoms with E-state index in [1.807, 2.05) is 12.1 Å². The Morgan fingerprint density at radius 3 is 2.47 bits per heavy atom. The maximum atomic E-state index is 5.43. The molecule has 1 unspecified atom stereocenters. The Kier molecular flexibility index (Phi) is 8.80. The van der Waals surface area contributed by atoms with Crippen molar-refractivity contribution >= 4 is 31.9 Å². The molecule has 0 fully saturated rings. The predicted octanol–water partition coefficient (Wildman–Crippen LogP) is 6.64. The highest BCUT2D eigenvalue weighted by Crippen LogP contribution is 2.36. The van der Waals surface area contributed by atoms with E-state index in [0.717, 1.165) is 10.2 Å². The zero-order valence-corrected chi connectivity index (χ0v) is 15.1. The van der Waals surface area contributed by atoms with Crippen molar-refractivity contribution in [1.82, 2.24) is 0 Å². The summed E-state index contributed by atoms with van der Waals surface area (Å²) in [5.41, 5.74) is 1.24. The molecule has 1 nitrogen and oxygen atoms in total. The smallest absolute Gasteiger partial charge is 0.123 e. The minimum Gasteiger partial charge on any atom is -0.496 e. The van der Waals surface area contributed by atoms with Gasteiger partial charge in [0, 0.05) is 14.9 Å². The van der Waals surface area contributed by atoms with Gasteiger partial charge in [-0.2, -0.15) is 0 Å². The van der Waals surface area contributed by atoms with E-state index in [9.17, 15) is 0 Å². The second-order valence-corrected chi connectivity index (χ2v) is 6.93. The molecule has 0 spiro atoms. The molecule has 1 atom stereocenters. The fourth-order valence-electron chi connectivity index (χ4n) is 2.21. The van der Waals surface area contributed by atoms with Crippen molar-refractivity contribution in [2.75, 3.05) is 7.11 Å². The monoisotopic (exact) mass is 390 g/mol. The van der Waals surface area contributed by atoms with Gasteiger partial charge in [-0.3, -0.25) is 0 Å². The lowest BCUT2D eigenvalue weighted by Crippen LogP contribution is -1.96. The first-order valence-electron chi connectivity index (χ1n) is 7.16. The van der Waals surface area contributed by atoms with Crippen LogP contribution in [0.1, 0.15) is 62.3 Å². The third kappa shape index (κ3) is 6.31. The van der Waals surface area contributed by atoms with Crippen LogP contribution in [-0.4, -0.2) is 7.11 Å². The van der Waals surface area contributed by atoms with E-state index in [4.69, 9.17) is 4.74 Å². The fourth-order valence-corrected chi connectivity index (χ4v) is 3.27. The molecule has 0 aliphatic rings. The van der Waals surface area contributed by atoms with Crippen molar-refractivity contribution < 1.29 is 4.74 Å². The molecule has 0 heterocycles. The third-order valence-electron chi connectivity index (χ3n) is 3.34. The first kappa shape index (κ1) is 17.0. The van der Waals surface area contributed by atoms with Gasteiger partial charge in [0.05, 0.1) is 7.11 Å². The van der Waals surface area contributed by atoms with E-state index in [1.54, 1.807) is 7.11 Å². The van der Waals surface area contributed by atoms with E-state index in [-0.39, 0.29) is 0 Å². The summed E-state index contributed by atoms with van der Waals surface area (Å²) in [6.07, 6.45) is 9.20. The Hall–Kier alpha value is -0.0200. The minimum absolute atomic E-state index is 0.381. The molecule has 0 radical (unpaired) electrons. The normalized spacial score (nSPS) is 12.4. The Labute approximate surface area is 134 Å². The summed E-state index contributed by atoms with van der Waals surface area (Å²) in [6, 6.07) is 6.19. The standard InChI is InChI=1S/C16H24Br2O/c1-3-4-5-6-7-8-9-15(18)14-12-13(17)10-11-16(14)19-2/h10-12,15H,3-9H2,1-2H3. The molecule has 0 saturated carbocycles. The molecule has 0 amide bonds. The van der Waals surface area contributed by atoms with Crippen LogP contribution in [0.2, 0.25) is 0 Å². The van der Waals surface area contributed by atoms with Gasteiger partial charge in [0.25, 0.3) is 0 Å². The number of halogens is 2. The molecular weight excluding hydrogens is 368 g/mol. The Morgan fingerprint density at radius 1 is 1.11 bits per heavy atom. The number of benzene rings is 1. The number of hydrogen-bond acceptors (Lipinski definition) is 1. The van der Waals surface area contributed by atoms with Gasteiger partial charge < -0.3 is 4.74 Å². The number of unbranched alkanes of at least 4 members (excludes halogenated alkanes) is 5. The van der Waals surface area contributed by atoms with Crippen LogP contribution in [0, 0.1) is 0 Å². The first-order valence-corrected chi connectivity index (χ1v) is 8.87. The van der Waals surface area contributed by atoms with Crippen molar-refractivity contribution in [1.29, 1.82) is 0 Å². The van der Waals surface area contributed by atoms with E-state index in [1.165, 1.54) is 50.5 Å². The molecule has 0 aromatic heterocycles. The van der Waals surface area contributed by atoms with Gasteiger partial charge in [-0.1, -0.05) is 77.3 Å². The zero-order valence-electron chi connectivity index (χ0n) is 11.9. The van der Waals surface area contributed by atoms with Crippen LogP contribution in [-0.2, 0) is 0 Å². The molecule has 0 aliphatic carbocycles. The van der Waals surface area contributed by atoms with Crippen molar-refractivity contribution in [3.8, 4) is 5.75 Å². The molecule has 19 heavy (non-hydrogen) atoms. The molecule has 1 aromatic carbocycles. The van der Waals surface area contributed by atoms with Crippen LogP contribution in [0.5, 0.6) is 5.75 Å². The fraction of sp³-hybridized carbons (Fsp3) is 0.625. The van der Waals surface area contributed by atoms with Crippen LogP contribution in [0.3, 0.4) is 0 Å². The van der Waals surface area contributed by atoms with Crippen molar-refractivity contribution in [3.05, 3.63) is 28.2 Å². The van der Waals surface area contributed by atoms with Crippen molar-refractivity contribution in [2.45, 2.75) is 56.7 Å². The van der Waals surface area contributed by atoms with Crippen LogP contribution >= 0.6 is 31.9 Å². The summed E-state index contributed by atoms with van der Waals surface area (Å²) in [5, 5.41) is 0. The molecule has 0 N–H and O–H groups in total. The summed E-state index contributed by atoms with van der Waals surface area (Å²) in [6.45, 7) is 2.26. The van der Waals surface area contributed by atoms with Gasteiger partial charge in [-0.25, -0.2) is 0 Å². The lowest BCUT2D eigenvalue weighted by molar-refractivity contribution is 0.408. The first-order chi connectivity index (χ1) is 9.19. The van der Waals surface area contributed by atoms with Crippen molar-refractivity contribution in [3.63, 3.8) is 0 Å². The molecule has 3 heteroatoms. The largest absolute Gasteiger partial charge is 0.496 e. The number of ether oxygens (including phenoxy) is 1. The number of rotatable bonds is 9. The average molecular weight is 392 g/mol. The number of hydrogen-bond donors (Lipinski definition) is 0. The van der Waals surface area contributed by atoms with Gasteiger partial charge in [0.15, 0.2) is 0 Å². The second-order valence-electron chi connectivity index (χ2n) is 4.91. The molecule has 0 bridgehead atoms. The maximum absolute atomic E-state index is 5.43. The summed E-state index contributed by atoms with van der Waals surface area (Å²) < 4.78 is 6.54. The second kappa shape index (κ2) is 9.82. The van der Waals surface area contributed by atoms with Gasteiger partial charge >= 0.3 is 0 Å². The van der Waals surface area contributed by atoms with Crippen LogP contribution < -0.4 is 4.74 Å². The Morgan fingerprint density at radius 2 is 1.79 bits per heavy atom. The van der Waals surface area contributed by atoms with E-state index in [0.29, 0.717) is 4.83 Å². The van der Waals surface area contributed by atoms with Gasteiger partial charge in [0.1, 0.15) is 5.75 Å². The Bertz CT molecular complexity index is 366. The van der Waals surface area contributed by atoms with E-state index >= 15 is 0 Å². The summed E-state index contributed by atoms with van der Waals surface area (Å²) >= 11 is 7.32. The third-order valence-corrected chi connectivity index (χ3v) is 4.78. The topological polar surface area (TPSA) is 9.23 Å². The van der Waals surface area contributed by atoms with Crippen LogP contribution in [0.4, 0.5) is 0 Å². The molecule has 1 rings (SSSR count). The predicted molar refractivity (Wildman–Crippen MR) is 90.4 cm³/mol. The van der Waals surface area contributed by atoms with Crippen LogP contribution in [0.15, 0.2) is 22.7 Å². The molecule has 108 valence electrons.